The Kier molecular flexibility index (Phi) is 7.07. The monoisotopic (exact) mass is 371 g/mol. The Labute approximate surface area is 161 Å². The molecule has 146 valence electrons. The molecule has 3 rings (SSSR count). The first-order valence-corrected chi connectivity index (χ1v) is 9.85. The van der Waals surface area contributed by atoms with Crippen molar-refractivity contribution in [2.75, 3.05) is 26.4 Å². The van der Waals surface area contributed by atoms with Crippen LogP contribution in [0.25, 0.3) is 11.3 Å². The molecule has 5 heteroatoms. The molecule has 0 unspecified atom stereocenters. The van der Waals surface area contributed by atoms with Gasteiger partial charge in [0.05, 0.1) is 25.5 Å². The zero-order valence-corrected chi connectivity index (χ0v) is 16.2. The minimum atomic E-state index is -0.102. The molecule has 0 radical (unpaired) electrons. The fourth-order valence-corrected chi connectivity index (χ4v) is 3.22. The van der Waals surface area contributed by atoms with Crippen molar-refractivity contribution in [2.45, 2.75) is 45.6 Å². The van der Waals surface area contributed by atoms with Crippen LogP contribution in [0, 0.1) is 0 Å². The Bertz CT molecular complexity index is 724. The van der Waals surface area contributed by atoms with Crippen molar-refractivity contribution in [3.8, 4) is 22.9 Å². The van der Waals surface area contributed by atoms with E-state index in [-0.39, 0.29) is 11.9 Å². The number of pyridine rings is 1. The molecule has 1 saturated heterocycles. The molecule has 1 fully saturated rings. The summed E-state index contributed by atoms with van der Waals surface area (Å²) in [5, 5.41) is 10.5. The predicted octanol–water partition coefficient (Wildman–Crippen LogP) is 4.15. The van der Waals surface area contributed by atoms with E-state index in [0.29, 0.717) is 38.7 Å². The van der Waals surface area contributed by atoms with Crippen LogP contribution in [0.5, 0.6) is 11.6 Å². The standard InChI is InChI=1S/C22H29NO4/c1-3-5-6-16-7-9-17(10-8-16)22-19(4-2)20(24)13-21(23-22)27-15-18-14-25-11-12-26-18/h7-10,13,18H,3-6,11-12,14-15H2,1-2H3,(H,23,24)/t18-/m0/s1. The smallest absolute Gasteiger partial charge is 0.217 e. The fourth-order valence-electron chi connectivity index (χ4n) is 3.22. The van der Waals surface area contributed by atoms with Crippen LogP contribution in [0.3, 0.4) is 0 Å². The van der Waals surface area contributed by atoms with Gasteiger partial charge in [0, 0.05) is 17.2 Å². The number of benzene rings is 1. The van der Waals surface area contributed by atoms with Gasteiger partial charge in [-0.2, -0.15) is 0 Å². The topological polar surface area (TPSA) is 60.8 Å². The Morgan fingerprint density at radius 3 is 2.67 bits per heavy atom. The summed E-state index contributed by atoms with van der Waals surface area (Å²) in [7, 11) is 0. The number of hydrogen-bond acceptors (Lipinski definition) is 5. The van der Waals surface area contributed by atoms with Crippen molar-refractivity contribution in [2.24, 2.45) is 0 Å². The van der Waals surface area contributed by atoms with Gasteiger partial charge in [-0.1, -0.05) is 44.5 Å². The quantitative estimate of drug-likeness (QED) is 0.755. The second-order valence-electron chi connectivity index (χ2n) is 6.84. The molecule has 2 heterocycles. The Morgan fingerprint density at radius 2 is 2.00 bits per heavy atom. The lowest BCUT2D eigenvalue weighted by Crippen LogP contribution is -2.33. The van der Waals surface area contributed by atoms with E-state index in [2.05, 4.69) is 36.2 Å². The van der Waals surface area contributed by atoms with Crippen LogP contribution in [0.15, 0.2) is 30.3 Å². The summed E-state index contributed by atoms with van der Waals surface area (Å²) in [5.41, 5.74) is 3.92. The molecule has 0 aliphatic carbocycles. The van der Waals surface area contributed by atoms with Gasteiger partial charge < -0.3 is 19.3 Å². The summed E-state index contributed by atoms with van der Waals surface area (Å²) in [4.78, 5) is 4.67. The van der Waals surface area contributed by atoms with Gasteiger partial charge in [0.25, 0.3) is 0 Å². The predicted molar refractivity (Wildman–Crippen MR) is 105 cm³/mol. The largest absolute Gasteiger partial charge is 0.507 e. The number of nitrogens with zero attached hydrogens (tertiary/aromatic N) is 1. The lowest BCUT2D eigenvalue weighted by Gasteiger charge is -2.23. The van der Waals surface area contributed by atoms with Gasteiger partial charge >= 0.3 is 0 Å². The molecule has 1 aliphatic rings. The van der Waals surface area contributed by atoms with E-state index >= 15 is 0 Å². The van der Waals surface area contributed by atoms with Gasteiger partial charge in [0.15, 0.2) is 0 Å². The van der Waals surface area contributed by atoms with E-state index in [9.17, 15) is 5.11 Å². The maximum Gasteiger partial charge on any atom is 0.217 e. The number of hydrogen-bond donors (Lipinski definition) is 1. The van der Waals surface area contributed by atoms with E-state index in [0.717, 1.165) is 23.2 Å². The highest BCUT2D eigenvalue weighted by atomic mass is 16.6. The molecule has 1 N–H and O–H groups in total. The van der Waals surface area contributed by atoms with E-state index < -0.39 is 0 Å². The average Bonchev–Trinajstić information content (AvgIpc) is 2.71. The SMILES string of the molecule is CCCCc1ccc(-c2nc(OC[C@@H]3COCCO3)cc(O)c2CC)cc1. The Balaban J connectivity index is 1.79. The molecule has 0 amide bonds. The minimum Gasteiger partial charge on any atom is -0.507 e. The van der Waals surface area contributed by atoms with Gasteiger partial charge in [0.1, 0.15) is 18.5 Å². The van der Waals surface area contributed by atoms with E-state index in [1.807, 2.05) is 6.92 Å². The van der Waals surface area contributed by atoms with E-state index in [1.165, 1.54) is 18.4 Å². The third-order valence-corrected chi connectivity index (χ3v) is 4.78. The van der Waals surface area contributed by atoms with Crippen LogP contribution in [0.2, 0.25) is 0 Å². The first-order chi connectivity index (χ1) is 13.2. The molecule has 0 saturated carbocycles. The highest BCUT2D eigenvalue weighted by Gasteiger charge is 2.17. The molecule has 1 aromatic heterocycles. The lowest BCUT2D eigenvalue weighted by atomic mass is 10.0. The van der Waals surface area contributed by atoms with Crippen molar-refractivity contribution in [3.05, 3.63) is 41.5 Å². The zero-order chi connectivity index (χ0) is 19.1. The summed E-state index contributed by atoms with van der Waals surface area (Å²) >= 11 is 0. The Hall–Kier alpha value is -2.11. The third kappa shape index (κ3) is 5.21. The molecular weight excluding hydrogens is 342 g/mol. The Morgan fingerprint density at radius 1 is 1.19 bits per heavy atom. The second kappa shape index (κ2) is 9.72. The van der Waals surface area contributed by atoms with Gasteiger partial charge in [-0.15, -0.1) is 0 Å². The maximum absolute atomic E-state index is 10.5. The van der Waals surface area contributed by atoms with Gasteiger partial charge in [0.2, 0.25) is 5.88 Å². The van der Waals surface area contributed by atoms with Gasteiger partial charge in [-0.25, -0.2) is 4.98 Å². The molecule has 5 nitrogen and oxygen atoms in total. The van der Waals surface area contributed by atoms with Gasteiger partial charge in [-0.3, -0.25) is 0 Å². The molecule has 2 aromatic rings. The number of rotatable bonds is 8. The molecule has 27 heavy (non-hydrogen) atoms. The van der Waals surface area contributed by atoms with Crippen molar-refractivity contribution in [1.29, 1.82) is 0 Å². The molecule has 0 bridgehead atoms. The fraction of sp³-hybridized carbons (Fsp3) is 0.500. The van der Waals surface area contributed by atoms with Crippen molar-refractivity contribution >= 4 is 0 Å². The van der Waals surface area contributed by atoms with Crippen LogP contribution in [0.1, 0.15) is 37.8 Å². The first-order valence-electron chi connectivity index (χ1n) is 9.85. The summed E-state index contributed by atoms with van der Waals surface area (Å²) in [6, 6.07) is 10.0. The van der Waals surface area contributed by atoms with Crippen LogP contribution in [0.4, 0.5) is 0 Å². The highest BCUT2D eigenvalue weighted by molar-refractivity contribution is 5.67. The second-order valence-corrected chi connectivity index (χ2v) is 6.84. The number of unbranched alkanes of at least 4 members (excludes halogenated alkanes) is 1. The number of aromatic nitrogens is 1. The number of aryl methyl sites for hydroxylation is 1. The third-order valence-electron chi connectivity index (χ3n) is 4.78. The van der Waals surface area contributed by atoms with E-state index in [4.69, 9.17) is 14.2 Å². The molecule has 1 atom stereocenters. The summed E-state index contributed by atoms with van der Waals surface area (Å²) in [5.74, 6) is 0.623. The number of ether oxygens (including phenoxy) is 3. The van der Waals surface area contributed by atoms with Crippen LogP contribution in [-0.4, -0.2) is 42.6 Å². The molecule has 0 spiro atoms. The van der Waals surface area contributed by atoms with Crippen molar-refractivity contribution < 1.29 is 19.3 Å². The first kappa shape index (κ1) is 19.6. The highest BCUT2D eigenvalue weighted by Crippen LogP contribution is 2.32. The lowest BCUT2D eigenvalue weighted by molar-refractivity contribution is -0.102. The maximum atomic E-state index is 10.5. The minimum absolute atomic E-state index is 0.102. The zero-order valence-electron chi connectivity index (χ0n) is 16.2. The van der Waals surface area contributed by atoms with Crippen LogP contribution in [-0.2, 0) is 22.3 Å². The normalized spacial score (nSPS) is 17.0. The van der Waals surface area contributed by atoms with Crippen molar-refractivity contribution in [3.63, 3.8) is 0 Å². The molecule has 1 aromatic carbocycles. The molecular formula is C22H29NO4. The average molecular weight is 371 g/mol. The summed E-state index contributed by atoms with van der Waals surface area (Å²) < 4.78 is 16.8. The summed E-state index contributed by atoms with van der Waals surface area (Å²) in [6.45, 7) is 6.29. The van der Waals surface area contributed by atoms with E-state index in [1.54, 1.807) is 6.07 Å². The summed E-state index contributed by atoms with van der Waals surface area (Å²) in [6.07, 6.45) is 4.06. The van der Waals surface area contributed by atoms with Crippen LogP contribution < -0.4 is 4.74 Å². The molecule has 1 aliphatic heterocycles. The van der Waals surface area contributed by atoms with Gasteiger partial charge in [-0.05, 0) is 24.8 Å². The van der Waals surface area contributed by atoms with Crippen LogP contribution >= 0.6 is 0 Å². The number of aromatic hydroxyl groups is 1. The van der Waals surface area contributed by atoms with Crippen molar-refractivity contribution in [1.82, 2.24) is 4.98 Å².